The number of nitrogens with zero attached hydrogens (tertiary/aromatic N) is 1. The summed E-state index contributed by atoms with van der Waals surface area (Å²) in [5, 5.41) is 3.94. The van der Waals surface area contributed by atoms with E-state index in [2.05, 4.69) is 33.1 Å². The first-order chi connectivity index (χ1) is 9.57. The van der Waals surface area contributed by atoms with Crippen LogP contribution in [0.4, 0.5) is 0 Å². The number of benzene rings is 1. The summed E-state index contributed by atoms with van der Waals surface area (Å²) >= 11 is 2.23. The van der Waals surface area contributed by atoms with Gasteiger partial charge < -0.3 is 9.47 Å². The molecule has 0 atom stereocenters. The van der Waals surface area contributed by atoms with Crippen molar-refractivity contribution in [3.63, 3.8) is 0 Å². The Morgan fingerprint density at radius 3 is 2.95 bits per heavy atom. The van der Waals surface area contributed by atoms with E-state index >= 15 is 0 Å². The van der Waals surface area contributed by atoms with Crippen LogP contribution in [-0.2, 0) is 14.3 Å². The van der Waals surface area contributed by atoms with Crippen LogP contribution in [0.5, 0.6) is 0 Å². The molecule has 0 unspecified atom stereocenters. The van der Waals surface area contributed by atoms with Gasteiger partial charge in [0.15, 0.2) is 5.79 Å². The molecule has 0 spiro atoms. The molecule has 1 aliphatic rings. The molecule has 0 aliphatic carbocycles. The van der Waals surface area contributed by atoms with Gasteiger partial charge in [-0.25, -0.2) is 5.43 Å². The zero-order chi connectivity index (χ0) is 14.4. The molecule has 1 heterocycles. The van der Waals surface area contributed by atoms with E-state index in [-0.39, 0.29) is 12.3 Å². The second kappa shape index (κ2) is 7.14. The van der Waals surface area contributed by atoms with Crippen LogP contribution in [0.2, 0.25) is 0 Å². The average Bonchev–Trinajstić information content (AvgIpc) is 2.39. The number of carbonyl (C=O) groups excluding carboxylic acids is 1. The van der Waals surface area contributed by atoms with Crippen LogP contribution in [0, 0.1) is 3.57 Å². The fraction of sp³-hybridized carbons (Fsp3) is 0.429. The minimum Gasteiger partial charge on any atom is -0.350 e. The molecule has 1 amide bonds. The molecule has 5 nitrogen and oxygen atoms in total. The fourth-order valence-corrected chi connectivity index (χ4v) is 2.44. The quantitative estimate of drug-likeness (QED) is 0.489. The molecule has 1 aromatic rings. The number of carbonyl (C=O) groups is 1. The lowest BCUT2D eigenvalue weighted by Crippen LogP contribution is -2.41. The average molecular weight is 388 g/mol. The minimum absolute atomic E-state index is 0.136. The Morgan fingerprint density at radius 1 is 1.50 bits per heavy atom. The van der Waals surface area contributed by atoms with Crippen molar-refractivity contribution in [2.45, 2.75) is 25.6 Å². The Balaban J connectivity index is 1.83. The summed E-state index contributed by atoms with van der Waals surface area (Å²) in [6.07, 6.45) is 2.61. The minimum atomic E-state index is -0.833. The molecule has 1 N–H and O–H groups in total. The summed E-state index contributed by atoms with van der Waals surface area (Å²) in [5.74, 6) is -1.06. The second-order valence-electron chi connectivity index (χ2n) is 4.71. The normalized spacial score (nSPS) is 18.1. The predicted molar refractivity (Wildman–Crippen MR) is 84.4 cm³/mol. The predicted octanol–water partition coefficient (Wildman–Crippen LogP) is 2.28. The highest BCUT2D eigenvalue weighted by atomic mass is 127. The van der Waals surface area contributed by atoms with E-state index < -0.39 is 5.79 Å². The van der Waals surface area contributed by atoms with Crippen LogP contribution in [0.3, 0.4) is 0 Å². The Hall–Kier alpha value is -0.990. The van der Waals surface area contributed by atoms with Crippen LogP contribution in [-0.4, -0.2) is 31.1 Å². The molecular weight excluding hydrogens is 371 g/mol. The summed E-state index contributed by atoms with van der Waals surface area (Å²) in [4.78, 5) is 11.8. The maximum absolute atomic E-state index is 11.8. The second-order valence-corrected chi connectivity index (χ2v) is 5.95. The third-order valence-electron chi connectivity index (χ3n) is 2.84. The summed E-state index contributed by atoms with van der Waals surface area (Å²) in [6.45, 7) is 3.01. The molecule has 20 heavy (non-hydrogen) atoms. The van der Waals surface area contributed by atoms with Gasteiger partial charge in [-0.2, -0.15) is 5.10 Å². The van der Waals surface area contributed by atoms with Gasteiger partial charge in [0.2, 0.25) is 5.91 Å². The highest BCUT2D eigenvalue weighted by Gasteiger charge is 2.31. The van der Waals surface area contributed by atoms with Crippen molar-refractivity contribution >= 4 is 34.7 Å². The lowest BCUT2D eigenvalue weighted by Gasteiger charge is -2.33. The molecule has 1 saturated heterocycles. The van der Waals surface area contributed by atoms with Crippen molar-refractivity contribution < 1.29 is 14.3 Å². The maximum atomic E-state index is 11.8. The smallest absolute Gasteiger partial charge is 0.245 e. The first-order valence-corrected chi connectivity index (χ1v) is 7.51. The van der Waals surface area contributed by atoms with E-state index in [1.54, 1.807) is 13.1 Å². The van der Waals surface area contributed by atoms with Crippen molar-refractivity contribution in [2.75, 3.05) is 13.2 Å². The van der Waals surface area contributed by atoms with Crippen molar-refractivity contribution in [1.29, 1.82) is 0 Å². The van der Waals surface area contributed by atoms with Crippen molar-refractivity contribution in [2.24, 2.45) is 5.10 Å². The van der Waals surface area contributed by atoms with E-state index in [1.807, 2.05) is 24.3 Å². The van der Waals surface area contributed by atoms with Gasteiger partial charge in [-0.1, -0.05) is 12.1 Å². The molecule has 1 fully saturated rings. The Labute approximate surface area is 131 Å². The zero-order valence-corrected chi connectivity index (χ0v) is 13.4. The highest BCUT2D eigenvalue weighted by molar-refractivity contribution is 14.1. The molecule has 0 bridgehead atoms. The van der Waals surface area contributed by atoms with Gasteiger partial charge in [-0.15, -0.1) is 0 Å². The summed E-state index contributed by atoms with van der Waals surface area (Å²) < 4.78 is 12.1. The molecule has 1 aromatic carbocycles. The van der Waals surface area contributed by atoms with Gasteiger partial charge in [0.05, 0.1) is 25.8 Å². The number of ether oxygens (including phenoxy) is 2. The first-order valence-electron chi connectivity index (χ1n) is 6.43. The number of hydrogen-bond acceptors (Lipinski definition) is 4. The van der Waals surface area contributed by atoms with Crippen LogP contribution < -0.4 is 5.43 Å². The van der Waals surface area contributed by atoms with Gasteiger partial charge >= 0.3 is 0 Å². The third-order valence-corrected chi connectivity index (χ3v) is 3.51. The van der Waals surface area contributed by atoms with E-state index in [0.717, 1.165) is 15.6 Å². The maximum Gasteiger partial charge on any atom is 0.245 e. The number of hydrazone groups is 1. The zero-order valence-electron chi connectivity index (χ0n) is 11.3. The van der Waals surface area contributed by atoms with Crippen molar-refractivity contribution in [3.8, 4) is 0 Å². The summed E-state index contributed by atoms with van der Waals surface area (Å²) in [7, 11) is 0. The lowest BCUT2D eigenvalue weighted by atomic mass is 10.2. The van der Waals surface area contributed by atoms with Crippen LogP contribution >= 0.6 is 22.6 Å². The molecule has 1 aliphatic heterocycles. The largest absolute Gasteiger partial charge is 0.350 e. The third kappa shape index (κ3) is 4.84. The van der Waals surface area contributed by atoms with Gasteiger partial charge in [-0.3, -0.25) is 4.79 Å². The molecule has 6 heteroatoms. The van der Waals surface area contributed by atoms with Gasteiger partial charge in [-0.05, 0) is 53.6 Å². The molecule has 0 radical (unpaired) electrons. The standard InChI is InChI=1S/C14H17IN2O3/c1-14(19-6-3-7-20-14)9-13(18)17-16-10-11-4-2-5-12(15)8-11/h2,4-5,8,10H,3,6-7,9H2,1H3,(H,17,18)/b16-10-. The number of halogens is 1. The number of hydrogen-bond donors (Lipinski definition) is 1. The first kappa shape index (κ1) is 15.4. The Kier molecular flexibility index (Phi) is 5.50. The summed E-state index contributed by atoms with van der Waals surface area (Å²) in [6, 6.07) is 7.84. The topological polar surface area (TPSA) is 59.9 Å². The number of rotatable bonds is 4. The monoisotopic (exact) mass is 388 g/mol. The van der Waals surface area contributed by atoms with Gasteiger partial charge in [0, 0.05) is 3.57 Å². The number of amides is 1. The molecule has 0 aromatic heterocycles. The summed E-state index contributed by atoms with van der Waals surface area (Å²) in [5.41, 5.74) is 3.43. The fourth-order valence-electron chi connectivity index (χ4n) is 1.88. The molecular formula is C14H17IN2O3. The number of nitrogens with one attached hydrogen (secondary N) is 1. The highest BCUT2D eigenvalue weighted by Crippen LogP contribution is 2.21. The Morgan fingerprint density at radius 2 is 2.25 bits per heavy atom. The van der Waals surface area contributed by atoms with Crippen LogP contribution in [0.25, 0.3) is 0 Å². The van der Waals surface area contributed by atoms with Crippen LogP contribution in [0.15, 0.2) is 29.4 Å². The van der Waals surface area contributed by atoms with Crippen LogP contribution in [0.1, 0.15) is 25.3 Å². The lowest BCUT2D eigenvalue weighted by molar-refractivity contribution is -0.256. The van der Waals surface area contributed by atoms with Gasteiger partial charge in [0.1, 0.15) is 0 Å². The SMILES string of the molecule is CC1(CC(=O)N/N=C\c2cccc(I)c2)OCCCO1. The van der Waals surface area contributed by atoms with E-state index in [1.165, 1.54) is 0 Å². The molecule has 2 rings (SSSR count). The molecule has 0 saturated carbocycles. The van der Waals surface area contributed by atoms with Crippen molar-refractivity contribution in [3.05, 3.63) is 33.4 Å². The van der Waals surface area contributed by atoms with E-state index in [4.69, 9.17) is 9.47 Å². The van der Waals surface area contributed by atoms with E-state index in [0.29, 0.717) is 13.2 Å². The molecule has 108 valence electrons. The van der Waals surface area contributed by atoms with Gasteiger partial charge in [0.25, 0.3) is 0 Å². The van der Waals surface area contributed by atoms with Crippen molar-refractivity contribution in [1.82, 2.24) is 5.43 Å². The Bertz CT molecular complexity index is 499. The van der Waals surface area contributed by atoms with E-state index in [9.17, 15) is 4.79 Å².